The Bertz CT molecular complexity index is 722. The maximum absolute atomic E-state index is 13.4. The molecule has 4 heteroatoms. The lowest BCUT2D eigenvalue weighted by Gasteiger charge is -2.15. The summed E-state index contributed by atoms with van der Waals surface area (Å²) >= 11 is 0. The summed E-state index contributed by atoms with van der Waals surface area (Å²) in [6.45, 7) is 0.360. The molecule has 0 radical (unpaired) electrons. The van der Waals surface area contributed by atoms with Crippen LogP contribution in [0.15, 0.2) is 67.0 Å². The number of halogens is 1. The Hall–Kier alpha value is -2.46. The molecule has 0 spiro atoms. The van der Waals surface area contributed by atoms with Crippen molar-refractivity contribution in [3.05, 3.63) is 78.4 Å². The van der Waals surface area contributed by atoms with Crippen LogP contribution in [0.4, 0.5) is 4.39 Å². The van der Waals surface area contributed by atoms with E-state index in [1.807, 2.05) is 42.6 Å². The third-order valence-electron chi connectivity index (χ3n) is 3.48. The zero-order valence-corrected chi connectivity index (χ0v) is 11.5. The standard InChI is InChI=1S/C17H16FN3/c18-16-8-4-7-14(9-16)17(10-19)21-12-15(11-20-21)13-5-2-1-3-6-13/h1-9,11-12,17H,10,19H2. The number of nitrogens with two attached hydrogens (primary N) is 1. The summed E-state index contributed by atoms with van der Waals surface area (Å²) in [6, 6.07) is 16.3. The van der Waals surface area contributed by atoms with Gasteiger partial charge in [0.1, 0.15) is 5.82 Å². The third kappa shape index (κ3) is 2.85. The Morgan fingerprint density at radius 1 is 1.05 bits per heavy atom. The summed E-state index contributed by atoms with van der Waals surface area (Å²) in [7, 11) is 0. The van der Waals surface area contributed by atoms with E-state index >= 15 is 0 Å². The molecule has 2 aromatic carbocycles. The molecular formula is C17H16FN3. The zero-order chi connectivity index (χ0) is 14.7. The summed E-state index contributed by atoms with van der Waals surface area (Å²) in [4.78, 5) is 0. The van der Waals surface area contributed by atoms with Gasteiger partial charge in [-0.05, 0) is 23.3 Å². The Labute approximate surface area is 122 Å². The number of aromatic nitrogens is 2. The lowest BCUT2D eigenvalue weighted by molar-refractivity contribution is 0.527. The highest BCUT2D eigenvalue weighted by Crippen LogP contribution is 2.22. The Morgan fingerprint density at radius 2 is 1.86 bits per heavy atom. The van der Waals surface area contributed by atoms with Crippen LogP contribution in [0.1, 0.15) is 11.6 Å². The van der Waals surface area contributed by atoms with E-state index < -0.39 is 0 Å². The van der Waals surface area contributed by atoms with Crippen molar-refractivity contribution in [3.8, 4) is 11.1 Å². The molecule has 3 nitrogen and oxygen atoms in total. The van der Waals surface area contributed by atoms with Gasteiger partial charge in [0, 0.05) is 18.3 Å². The number of rotatable bonds is 4. The van der Waals surface area contributed by atoms with Crippen molar-refractivity contribution in [2.24, 2.45) is 5.73 Å². The van der Waals surface area contributed by atoms with Crippen LogP contribution in [0.3, 0.4) is 0 Å². The quantitative estimate of drug-likeness (QED) is 0.798. The molecule has 1 heterocycles. The normalized spacial score (nSPS) is 12.3. The fraction of sp³-hybridized carbons (Fsp3) is 0.118. The van der Waals surface area contributed by atoms with Crippen LogP contribution in [0.25, 0.3) is 11.1 Å². The third-order valence-corrected chi connectivity index (χ3v) is 3.48. The van der Waals surface area contributed by atoms with Crippen molar-refractivity contribution < 1.29 is 4.39 Å². The fourth-order valence-electron chi connectivity index (χ4n) is 2.40. The number of benzene rings is 2. The Balaban J connectivity index is 1.94. The predicted molar refractivity (Wildman–Crippen MR) is 81.3 cm³/mol. The highest BCUT2D eigenvalue weighted by molar-refractivity contribution is 5.61. The van der Waals surface area contributed by atoms with Gasteiger partial charge >= 0.3 is 0 Å². The van der Waals surface area contributed by atoms with Gasteiger partial charge in [0.2, 0.25) is 0 Å². The molecule has 0 fully saturated rings. The smallest absolute Gasteiger partial charge is 0.123 e. The van der Waals surface area contributed by atoms with E-state index in [1.54, 1.807) is 16.9 Å². The maximum Gasteiger partial charge on any atom is 0.123 e. The van der Waals surface area contributed by atoms with E-state index in [0.29, 0.717) is 6.54 Å². The van der Waals surface area contributed by atoms with Crippen molar-refractivity contribution in [1.29, 1.82) is 0 Å². The van der Waals surface area contributed by atoms with Crippen LogP contribution in [0.5, 0.6) is 0 Å². The van der Waals surface area contributed by atoms with Crippen molar-refractivity contribution in [2.45, 2.75) is 6.04 Å². The van der Waals surface area contributed by atoms with Gasteiger partial charge in [0.25, 0.3) is 0 Å². The van der Waals surface area contributed by atoms with Gasteiger partial charge in [-0.2, -0.15) is 5.10 Å². The average molecular weight is 281 g/mol. The summed E-state index contributed by atoms with van der Waals surface area (Å²) in [5, 5.41) is 4.38. The lowest BCUT2D eigenvalue weighted by atomic mass is 10.1. The second-order valence-corrected chi connectivity index (χ2v) is 4.88. The molecule has 0 aliphatic heterocycles. The van der Waals surface area contributed by atoms with Gasteiger partial charge in [-0.3, -0.25) is 4.68 Å². The van der Waals surface area contributed by atoms with Gasteiger partial charge < -0.3 is 5.73 Å². The zero-order valence-electron chi connectivity index (χ0n) is 11.5. The molecule has 0 bridgehead atoms. The maximum atomic E-state index is 13.4. The predicted octanol–water partition coefficient (Wildman–Crippen LogP) is 3.24. The SMILES string of the molecule is NCC(c1cccc(F)c1)n1cc(-c2ccccc2)cn1. The largest absolute Gasteiger partial charge is 0.328 e. The molecule has 0 saturated heterocycles. The molecule has 2 N–H and O–H groups in total. The second-order valence-electron chi connectivity index (χ2n) is 4.88. The van der Waals surface area contributed by atoms with E-state index in [2.05, 4.69) is 5.10 Å². The summed E-state index contributed by atoms with van der Waals surface area (Å²) in [5.41, 5.74) is 8.79. The minimum absolute atomic E-state index is 0.168. The fourth-order valence-corrected chi connectivity index (χ4v) is 2.40. The molecule has 0 saturated carbocycles. The summed E-state index contributed by atoms with van der Waals surface area (Å²) < 4.78 is 15.2. The van der Waals surface area contributed by atoms with Crippen molar-refractivity contribution in [2.75, 3.05) is 6.54 Å². The molecule has 0 aliphatic carbocycles. The molecule has 0 amide bonds. The number of nitrogens with zero attached hydrogens (tertiary/aromatic N) is 2. The molecule has 21 heavy (non-hydrogen) atoms. The first-order valence-corrected chi connectivity index (χ1v) is 6.83. The van der Waals surface area contributed by atoms with Crippen molar-refractivity contribution in [1.82, 2.24) is 9.78 Å². The van der Waals surface area contributed by atoms with Gasteiger partial charge in [0.05, 0.1) is 12.2 Å². The molecule has 3 aromatic rings. The van der Waals surface area contributed by atoms with Crippen LogP contribution in [0, 0.1) is 5.82 Å². The van der Waals surface area contributed by atoms with Crippen LogP contribution >= 0.6 is 0 Å². The second kappa shape index (κ2) is 5.89. The highest BCUT2D eigenvalue weighted by Gasteiger charge is 2.14. The molecule has 106 valence electrons. The summed E-state index contributed by atoms with van der Waals surface area (Å²) in [5.74, 6) is -0.263. The van der Waals surface area contributed by atoms with Crippen molar-refractivity contribution in [3.63, 3.8) is 0 Å². The molecule has 0 aliphatic rings. The minimum Gasteiger partial charge on any atom is -0.328 e. The monoisotopic (exact) mass is 281 g/mol. The van der Waals surface area contributed by atoms with E-state index in [-0.39, 0.29) is 11.9 Å². The van der Waals surface area contributed by atoms with Crippen LogP contribution in [-0.2, 0) is 0 Å². The lowest BCUT2D eigenvalue weighted by Crippen LogP contribution is -2.20. The number of hydrogen-bond acceptors (Lipinski definition) is 2. The Kier molecular flexibility index (Phi) is 3.79. The van der Waals surface area contributed by atoms with Crippen molar-refractivity contribution >= 4 is 0 Å². The first-order chi connectivity index (χ1) is 10.3. The Morgan fingerprint density at radius 3 is 2.57 bits per heavy atom. The molecule has 1 aromatic heterocycles. The van der Waals surface area contributed by atoms with E-state index in [1.165, 1.54) is 12.1 Å². The van der Waals surface area contributed by atoms with E-state index in [9.17, 15) is 4.39 Å². The first kappa shape index (κ1) is 13.5. The molecule has 1 atom stereocenters. The van der Waals surface area contributed by atoms with Crippen LogP contribution in [-0.4, -0.2) is 16.3 Å². The highest BCUT2D eigenvalue weighted by atomic mass is 19.1. The summed E-state index contributed by atoms with van der Waals surface area (Å²) in [6.07, 6.45) is 3.75. The first-order valence-electron chi connectivity index (χ1n) is 6.83. The van der Waals surface area contributed by atoms with Gasteiger partial charge in [0.15, 0.2) is 0 Å². The van der Waals surface area contributed by atoms with Gasteiger partial charge in [-0.15, -0.1) is 0 Å². The van der Waals surface area contributed by atoms with Gasteiger partial charge in [-0.1, -0.05) is 42.5 Å². The van der Waals surface area contributed by atoms with Crippen LogP contribution < -0.4 is 5.73 Å². The van der Waals surface area contributed by atoms with E-state index in [0.717, 1.165) is 16.7 Å². The minimum atomic E-state index is -0.263. The van der Waals surface area contributed by atoms with Gasteiger partial charge in [-0.25, -0.2) is 4.39 Å². The molecular weight excluding hydrogens is 265 g/mol. The van der Waals surface area contributed by atoms with Crippen LogP contribution in [0.2, 0.25) is 0 Å². The van der Waals surface area contributed by atoms with E-state index in [4.69, 9.17) is 5.73 Å². The molecule has 1 unspecified atom stereocenters. The topological polar surface area (TPSA) is 43.8 Å². The molecule has 3 rings (SSSR count). The number of hydrogen-bond donors (Lipinski definition) is 1. The average Bonchev–Trinajstić information content (AvgIpc) is 2.99.